The summed E-state index contributed by atoms with van der Waals surface area (Å²) in [6.45, 7) is 11.6. The normalized spacial score (nSPS) is 17.7. The summed E-state index contributed by atoms with van der Waals surface area (Å²) < 4.78 is 5.64. The van der Waals surface area contributed by atoms with Gasteiger partial charge in [0, 0.05) is 21.4 Å². The fraction of sp³-hybridized carbons (Fsp3) is 0.435. The Morgan fingerprint density at radius 2 is 1.85 bits per heavy atom. The van der Waals surface area contributed by atoms with Crippen LogP contribution in [0.2, 0.25) is 0 Å². The Morgan fingerprint density at radius 3 is 2.44 bits per heavy atom. The molecule has 3 rings (SSSR count). The summed E-state index contributed by atoms with van der Waals surface area (Å²) in [7, 11) is 1.68. The lowest BCUT2D eigenvalue weighted by molar-refractivity contribution is -0.131. The fourth-order valence-corrected chi connectivity index (χ4v) is 5.74. The summed E-state index contributed by atoms with van der Waals surface area (Å²) in [5, 5.41) is 8.92. The van der Waals surface area contributed by atoms with E-state index in [1.807, 2.05) is 29.5 Å². The second-order valence-electron chi connectivity index (χ2n) is 8.66. The Bertz CT molecular complexity index is 916. The van der Waals surface area contributed by atoms with E-state index in [2.05, 4.69) is 34.6 Å². The number of thiophene rings is 1. The molecule has 1 N–H and O–H groups in total. The lowest BCUT2D eigenvalue weighted by atomic mass is 9.66. The molecule has 0 saturated heterocycles. The molecule has 0 fully saturated rings. The molecule has 1 heterocycles. The second-order valence-corrected chi connectivity index (χ2v) is 9.68. The SMILES string of the molecule is COc1ccc(/C=C/C(=O)O)cc1-c1sc2c(c1C)C(C)(C)CCC2(C)C. The number of methoxy groups -OCH3 is 1. The minimum Gasteiger partial charge on any atom is -0.496 e. The summed E-state index contributed by atoms with van der Waals surface area (Å²) in [5.41, 5.74) is 5.04. The molecular weight excluding hydrogens is 356 g/mol. The first-order chi connectivity index (χ1) is 12.6. The molecule has 27 heavy (non-hydrogen) atoms. The van der Waals surface area contributed by atoms with Crippen LogP contribution in [0.25, 0.3) is 16.5 Å². The molecule has 0 bridgehead atoms. The lowest BCUT2D eigenvalue weighted by Gasteiger charge is -2.39. The maximum Gasteiger partial charge on any atom is 0.328 e. The van der Waals surface area contributed by atoms with Crippen LogP contribution in [0.1, 0.15) is 62.1 Å². The zero-order chi connectivity index (χ0) is 20.0. The van der Waals surface area contributed by atoms with Crippen LogP contribution in [0.5, 0.6) is 5.75 Å². The zero-order valence-electron chi connectivity index (χ0n) is 17.0. The molecule has 0 atom stereocenters. The molecule has 1 aliphatic rings. The highest BCUT2D eigenvalue weighted by Gasteiger charge is 2.41. The number of carboxylic acid groups (broad SMARTS) is 1. The number of rotatable bonds is 4. The lowest BCUT2D eigenvalue weighted by Crippen LogP contribution is -2.32. The van der Waals surface area contributed by atoms with E-state index < -0.39 is 5.97 Å². The van der Waals surface area contributed by atoms with Crippen LogP contribution >= 0.6 is 11.3 Å². The largest absolute Gasteiger partial charge is 0.496 e. The molecule has 1 aliphatic carbocycles. The third-order valence-corrected chi connectivity index (χ3v) is 7.39. The van der Waals surface area contributed by atoms with Crippen molar-refractivity contribution in [2.45, 2.75) is 58.3 Å². The predicted octanol–water partition coefficient (Wildman–Crippen LogP) is 6.18. The zero-order valence-corrected chi connectivity index (χ0v) is 17.8. The van der Waals surface area contributed by atoms with E-state index in [1.54, 1.807) is 13.2 Å². The van der Waals surface area contributed by atoms with Crippen LogP contribution < -0.4 is 4.74 Å². The van der Waals surface area contributed by atoms with Gasteiger partial charge in [-0.15, -0.1) is 11.3 Å². The molecule has 3 nitrogen and oxygen atoms in total. The van der Waals surface area contributed by atoms with Crippen molar-refractivity contribution in [3.05, 3.63) is 45.8 Å². The first-order valence-electron chi connectivity index (χ1n) is 9.30. The molecule has 1 aromatic carbocycles. The molecular formula is C23H28O3S. The van der Waals surface area contributed by atoms with E-state index in [-0.39, 0.29) is 10.8 Å². The molecule has 0 aliphatic heterocycles. The maximum atomic E-state index is 10.9. The van der Waals surface area contributed by atoms with E-state index in [0.717, 1.165) is 16.9 Å². The number of aliphatic carboxylic acids is 1. The van der Waals surface area contributed by atoms with Crippen LogP contribution in [0.15, 0.2) is 24.3 Å². The summed E-state index contributed by atoms with van der Waals surface area (Å²) in [4.78, 5) is 13.6. The average molecular weight is 385 g/mol. The number of fused-ring (bicyclic) bond motifs is 1. The molecule has 0 spiro atoms. The Kier molecular flexibility index (Phi) is 4.98. The molecule has 0 unspecified atom stereocenters. The Hall–Kier alpha value is -2.07. The van der Waals surface area contributed by atoms with Crippen LogP contribution in [0, 0.1) is 6.92 Å². The van der Waals surface area contributed by atoms with Gasteiger partial charge in [-0.3, -0.25) is 0 Å². The van der Waals surface area contributed by atoms with Crippen molar-refractivity contribution in [2.75, 3.05) is 7.11 Å². The quantitative estimate of drug-likeness (QED) is 0.640. The van der Waals surface area contributed by atoms with E-state index in [0.29, 0.717) is 0 Å². The summed E-state index contributed by atoms with van der Waals surface area (Å²) >= 11 is 1.87. The third-order valence-electron chi connectivity index (χ3n) is 5.70. The molecule has 1 aromatic heterocycles. The van der Waals surface area contributed by atoms with Gasteiger partial charge in [-0.25, -0.2) is 4.79 Å². The standard InChI is InChI=1S/C23H28O3S/c1-14-19-21(23(4,5)12-11-22(19,2)3)27-20(14)16-13-15(8-10-18(24)25)7-9-17(16)26-6/h7-10,13H,11-12H2,1-6H3,(H,24,25)/b10-8+. The van der Waals surface area contributed by atoms with Gasteiger partial charge in [0.15, 0.2) is 0 Å². The van der Waals surface area contributed by atoms with Gasteiger partial charge in [-0.1, -0.05) is 33.8 Å². The summed E-state index contributed by atoms with van der Waals surface area (Å²) in [6, 6.07) is 5.84. The van der Waals surface area contributed by atoms with Crippen LogP contribution in [0.3, 0.4) is 0 Å². The van der Waals surface area contributed by atoms with Gasteiger partial charge >= 0.3 is 5.97 Å². The van der Waals surface area contributed by atoms with Crippen molar-refractivity contribution in [3.63, 3.8) is 0 Å². The van der Waals surface area contributed by atoms with E-state index in [1.165, 1.54) is 39.8 Å². The first-order valence-corrected chi connectivity index (χ1v) is 10.1. The highest BCUT2D eigenvalue weighted by molar-refractivity contribution is 7.16. The van der Waals surface area contributed by atoms with Gasteiger partial charge in [0.2, 0.25) is 0 Å². The molecule has 0 saturated carbocycles. The average Bonchev–Trinajstić information content (AvgIpc) is 2.96. The van der Waals surface area contributed by atoms with Crippen molar-refractivity contribution in [1.82, 2.24) is 0 Å². The third kappa shape index (κ3) is 3.55. The summed E-state index contributed by atoms with van der Waals surface area (Å²) in [6.07, 6.45) is 5.17. The van der Waals surface area contributed by atoms with Crippen LogP contribution in [-0.2, 0) is 15.6 Å². The fourth-order valence-electron chi connectivity index (χ4n) is 4.10. The molecule has 0 amide bonds. The minimum absolute atomic E-state index is 0.164. The van der Waals surface area contributed by atoms with Gasteiger partial charge in [0.05, 0.1) is 7.11 Å². The van der Waals surface area contributed by atoms with Gasteiger partial charge in [0.25, 0.3) is 0 Å². The monoisotopic (exact) mass is 384 g/mol. The Labute approximate surface area is 165 Å². The van der Waals surface area contributed by atoms with Crippen molar-refractivity contribution in [3.8, 4) is 16.2 Å². The number of benzene rings is 1. The van der Waals surface area contributed by atoms with Crippen LogP contribution in [0.4, 0.5) is 0 Å². The Morgan fingerprint density at radius 1 is 1.19 bits per heavy atom. The van der Waals surface area contributed by atoms with Crippen molar-refractivity contribution < 1.29 is 14.6 Å². The Balaban J connectivity index is 2.22. The smallest absolute Gasteiger partial charge is 0.328 e. The van der Waals surface area contributed by atoms with Gasteiger partial charge in [0.1, 0.15) is 5.75 Å². The number of hydrogen-bond donors (Lipinski definition) is 1. The molecule has 144 valence electrons. The minimum atomic E-state index is -0.946. The highest BCUT2D eigenvalue weighted by atomic mass is 32.1. The van der Waals surface area contributed by atoms with E-state index >= 15 is 0 Å². The summed E-state index contributed by atoms with van der Waals surface area (Å²) in [5.74, 6) is -0.126. The van der Waals surface area contributed by atoms with Crippen molar-refractivity contribution in [2.24, 2.45) is 0 Å². The molecule has 2 aromatic rings. The number of carboxylic acids is 1. The number of hydrogen-bond acceptors (Lipinski definition) is 3. The first kappa shape index (κ1) is 19.7. The van der Waals surface area contributed by atoms with E-state index in [4.69, 9.17) is 9.84 Å². The van der Waals surface area contributed by atoms with Gasteiger partial charge < -0.3 is 9.84 Å². The maximum absolute atomic E-state index is 10.9. The molecule has 4 heteroatoms. The number of ether oxygens (including phenoxy) is 1. The van der Waals surface area contributed by atoms with E-state index in [9.17, 15) is 4.79 Å². The van der Waals surface area contributed by atoms with Crippen molar-refractivity contribution in [1.29, 1.82) is 0 Å². The second kappa shape index (κ2) is 6.83. The highest BCUT2D eigenvalue weighted by Crippen LogP contribution is 2.54. The topological polar surface area (TPSA) is 46.5 Å². The molecule has 0 radical (unpaired) electrons. The van der Waals surface area contributed by atoms with Crippen molar-refractivity contribution >= 4 is 23.4 Å². The predicted molar refractivity (Wildman–Crippen MR) is 113 cm³/mol. The van der Waals surface area contributed by atoms with Gasteiger partial charge in [-0.2, -0.15) is 0 Å². The van der Waals surface area contributed by atoms with Gasteiger partial charge in [-0.05, 0) is 65.5 Å². The number of carbonyl (C=O) groups is 1. The van der Waals surface area contributed by atoms with Crippen LogP contribution in [-0.4, -0.2) is 18.2 Å².